The summed E-state index contributed by atoms with van der Waals surface area (Å²) >= 11 is 0. The Balaban J connectivity index is 1.39. The van der Waals surface area contributed by atoms with Gasteiger partial charge in [-0.25, -0.2) is 4.79 Å². The lowest BCUT2D eigenvalue weighted by atomic mass is 9.85. The molecule has 4 bridgehead atoms. The summed E-state index contributed by atoms with van der Waals surface area (Å²) in [5.74, 6) is -1.06. The van der Waals surface area contributed by atoms with Crippen LogP contribution < -0.4 is 0 Å². The van der Waals surface area contributed by atoms with Crippen molar-refractivity contribution in [2.75, 3.05) is 6.61 Å². The molecule has 40 heavy (non-hydrogen) atoms. The van der Waals surface area contributed by atoms with Gasteiger partial charge >= 0.3 is 5.97 Å². The molecule has 0 aromatic heterocycles. The maximum absolute atomic E-state index is 12.2. The van der Waals surface area contributed by atoms with Gasteiger partial charge in [-0.1, -0.05) is 45.4 Å². The minimum atomic E-state index is -1.62. The Morgan fingerprint density at radius 2 is 1.43 bits per heavy atom. The number of rotatable bonds is 5. The number of carboxylic acids is 1. The highest BCUT2D eigenvalue weighted by atomic mass is 16.8. The highest BCUT2D eigenvalue weighted by Gasteiger charge is 2.52. The van der Waals surface area contributed by atoms with Crippen molar-refractivity contribution in [3.63, 3.8) is 0 Å². The van der Waals surface area contributed by atoms with Gasteiger partial charge in [-0.2, -0.15) is 0 Å². The van der Waals surface area contributed by atoms with Crippen molar-refractivity contribution in [2.24, 2.45) is 11.8 Å². The molecule has 13 nitrogen and oxygen atoms in total. The van der Waals surface area contributed by atoms with Crippen LogP contribution in [0.1, 0.15) is 64.7 Å². The van der Waals surface area contributed by atoms with Gasteiger partial charge in [0.05, 0.1) is 18.8 Å². The van der Waals surface area contributed by atoms with Gasteiger partial charge in [0.25, 0.3) is 0 Å². The Morgan fingerprint density at radius 1 is 0.750 bits per heavy atom. The van der Waals surface area contributed by atoms with Crippen molar-refractivity contribution in [3.8, 4) is 0 Å². The fourth-order valence-electron chi connectivity index (χ4n) is 6.73. The fourth-order valence-corrected chi connectivity index (χ4v) is 6.73. The Hall–Kier alpha value is -0.970. The number of aliphatic carboxylic acids is 1. The summed E-state index contributed by atoms with van der Waals surface area (Å²) in [6.07, 6.45) is -9.48. The Labute approximate surface area is 233 Å². The van der Waals surface area contributed by atoms with Gasteiger partial charge in [0, 0.05) is 0 Å². The smallest absolute Gasteiger partial charge is 0.332 e. The molecule has 8 unspecified atom stereocenters. The summed E-state index contributed by atoms with van der Waals surface area (Å²) in [6, 6.07) is 0. The molecule has 0 radical (unpaired) electrons. The number of hydrogen-bond donors (Lipinski definition) is 6. The van der Waals surface area contributed by atoms with Crippen LogP contribution in [0.5, 0.6) is 0 Å². The van der Waals surface area contributed by atoms with E-state index < -0.39 is 85.9 Å². The second kappa shape index (κ2) is 13.1. The first-order valence-corrected chi connectivity index (χ1v) is 14.7. The molecular formula is C27H44O13. The number of fused-ring (bicyclic) bond motifs is 5. The molecule has 230 valence electrons. The van der Waals surface area contributed by atoms with Crippen molar-refractivity contribution in [3.05, 3.63) is 0 Å². The van der Waals surface area contributed by atoms with E-state index >= 15 is 0 Å². The third-order valence-electron chi connectivity index (χ3n) is 9.14. The van der Waals surface area contributed by atoms with Crippen LogP contribution in [0, 0.1) is 11.8 Å². The molecule has 6 N–H and O–H groups in total. The molecule has 14 atom stereocenters. The number of carbonyl (C=O) groups is 1. The van der Waals surface area contributed by atoms with Gasteiger partial charge < -0.3 is 59.1 Å². The predicted octanol–water partition coefficient (Wildman–Crippen LogP) is -0.372. The fraction of sp³-hybridized carbons (Fsp3) is 0.963. The van der Waals surface area contributed by atoms with Gasteiger partial charge in [0.2, 0.25) is 0 Å². The van der Waals surface area contributed by atoms with Crippen molar-refractivity contribution in [1.29, 1.82) is 0 Å². The van der Waals surface area contributed by atoms with Crippen LogP contribution in [0.25, 0.3) is 0 Å². The van der Waals surface area contributed by atoms with Crippen molar-refractivity contribution in [1.82, 2.24) is 0 Å². The zero-order valence-electron chi connectivity index (χ0n) is 22.8. The van der Waals surface area contributed by atoms with E-state index in [9.17, 15) is 35.4 Å². The largest absolute Gasteiger partial charge is 0.479 e. The summed E-state index contributed by atoms with van der Waals surface area (Å²) in [5.41, 5.74) is 0. The van der Waals surface area contributed by atoms with Crippen LogP contribution >= 0.6 is 0 Å². The highest BCUT2D eigenvalue weighted by Crippen LogP contribution is 2.37. The van der Waals surface area contributed by atoms with Crippen LogP contribution in [0.3, 0.4) is 0 Å². The standard InChI is InChI=1S/C27H44O13/c1-12-6-5-9-14-22(12)39-26-20(31)18(29)19(30)25(40-26)35-11-16-17(28)23(21(32)27(37-14)38-16)36-15(24(33)34)10-13-7-3-2-4-8-13/h12-23,25-32H,2-11H2,1H3,(H,33,34)/t12?,14-,15+,16?,17+,18?,19+,20?,21?,22?,23?,25?,26-,27-/m1/s1. The van der Waals surface area contributed by atoms with E-state index in [0.717, 1.165) is 44.9 Å². The highest BCUT2D eigenvalue weighted by molar-refractivity contribution is 5.72. The lowest BCUT2D eigenvalue weighted by molar-refractivity contribution is -0.391. The first kappa shape index (κ1) is 30.5. The molecule has 3 heterocycles. The van der Waals surface area contributed by atoms with Crippen molar-refractivity contribution in [2.45, 2.75) is 145 Å². The predicted molar refractivity (Wildman–Crippen MR) is 134 cm³/mol. The summed E-state index contributed by atoms with van der Waals surface area (Å²) in [7, 11) is 0. The summed E-state index contributed by atoms with van der Waals surface area (Å²) in [4.78, 5) is 12.2. The third kappa shape index (κ3) is 6.50. The zero-order chi connectivity index (χ0) is 28.6. The summed E-state index contributed by atoms with van der Waals surface area (Å²) < 4.78 is 35.6. The minimum Gasteiger partial charge on any atom is -0.479 e. The molecule has 0 spiro atoms. The number of aliphatic hydroxyl groups is 5. The van der Waals surface area contributed by atoms with E-state index in [4.69, 9.17) is 28.4 Å². The second-order valence-electron chi connectivity index (χ2n) is 12.1. The maximum atomic E-state index is 12.2. The average molecular weight is 577 g/mol. The zero-order valence-corrected chi connectivity index (χ0v) is 22.8. The van der Waals surface area contributed by atoms with E-state index in [-0.39, 0.29) is 24.9 Å². The average Bonchev–Trinajstić information content (AvgIpc) is 2.93. The van der Waals surface area contributed by atoms with Gasteiger partial charge in [-0.3, -0.25) is 0 Å². The van der Waals surface area contributed by atoms with E-state index in [1.807, 2.05) is 6.92 Å². The number of carboxylic acid groups (broad SMARTS) is 1. The lowest BCUT2D eigenvalue weighted by Crippen LogP contribution is -2.65. The topological polar surface area (TPSA) is 194 Å². The molecule has 0 aromatic rings. The molecule has 3 saturated heterocycles. The first-order valence-electron chi connectivity index (χ1n) is 14.7. The van der Waals surface area contributed by atoms with Gasteiger partial charge in [0.1, 0.15) is 42.7 Å². The molecular weight excluding hydrogens is 532 g/mol. The number of ether oxygens (including phenoxy) is 6. The van der Waals surface area contributed by atoms with Crippen molar-refractivity contribution >= 4 is 5.97 Å². The molecule has 0 aromatic carbocycles. The molecule has 5 aliphatic rings. The van der Waals surface area contributed by atoms with E-state index in [1.165, 1.54) is 0 Å². The Morgan fingerprint density at radius 3 is 2.15 bits per heavy atom. The minimum absolute atomic E-state index is 0.0538. The van der Waals surface area contributed by atoms with E-state index in [0.29, 0.717) is 6.42 Å². The molecule has 0 amide bonds. The van der Waals surface area contributed by atoms with E-state index in [2.05, 4.69) is 0 Å². The van der Waals surface area contributed by atoms with Crippen LogP contribution in [0.15, 0.2) is 0 Å². The number of aliphatic hydroxyl groups excluding tert-OH is 5. The summed E-state index contributed by atoms with van der Waals surface area (Å²) in [6.45, 7) is 1.57. The van der Waals surface area contributed by atoms with Crippen LogP contribution in [0.4, 0.5) is 0 Å². The molecule has 5 rings (SSSR count). The Kier molecular flexibility index (Phi) is 10.0. The van der Waals surface area contributed by atoms with Crippen LogP contribution in [-0.4, -0.2) is 123 Å². The van der Waals surface area contributed by atoms with Crippen molar-refractivity contribution < 1.29 is 63.9 Å². The summed E-state index contributed by atoms with van der Waals surface area (Å²) in [5, 5.41) is 63.9. The normalized spacial score (nSPS) is 47.8. The molecule has 5 fully saturated rings. The molecule has 2 saturated carbocycles. The maximum Gasteiger partial charge on any atom is 0.332 e. The van der Waals surface area contributed by atoms with Gasteiger partial charge in [-0.15, -0.1) is 0 Å². The molecule has 13 heteroatoms. The first-order chi connectivity index (χ1) is 19.1. The lowest BCUT2D eigenvalue weighted by Gasteiger charge is -2.48. The third-order valence-corrected chi connectivity index (χ3v) is 9.14. The van der Waals surface area contributed by atoms with Crippen LogP contribution in [0.2, 0.25) is 0 Å². The van der Waals surface area contributed by atoms with Gasteiger partial charge in [-0.05, 0) is 31.1 Å². The SMILES string of the molecule is CC1CCC[C@H]2O[C@@H]3OC(COC4O[C@@H](OC12)C(O)C(O)[C@@H]4O)[C@H](O)C(O[C@@H](CC1CCCCC1)C(=O)O)C3O. The van der Waals surface area contributed by atoms with E-state index in [1.54, 1.807) is 0 Å². The monoisotopic (exact) mass is 576 g/mol. The molecule has 3 aliphatic heterocycles. The quantitative estimate of drug-likeness (QED) is 0.248. The van der Waals surface area contributed by atoms with Gasteiger partial charge in [0.15, 0.2) is 25.0 Å². The number of hydrogen-bond acceptors (Lipinski definition) is 12. The second-order valence-corrected chi connectivity index (χ2v) is 12.1. The molecule has 2 aliphatic carbocycles. The van der Waals surface area contributed by atoms with Crippen LogP contribution in [-0.2, 0) is 33.2 Å². The Bertz CT molecular complexity index is 839.